The molecule has 3 aromatic rings. The van der Waals surface area contributed by atoms with Crippen LogP contribution in [0, 0.1) is 0 Å². The van der Waals surface area contributed by atoms with E-state index in [1.54, 1.807) is 13.3 Å². The van der Waals surface area contributed by atoms with Crippen molar-refractivity contribution >= 4 is 26.7 Å². The van der Waals surface area contributed by atoms with Crippen molar-refractivity contribution in [2.24, 2.45) is 0 Å². The van der Waals surface area contributed by atoms with E-state index in [0.717, 1.165) is 41.8 Å². The number of hydrogen-bond acceptors (Lipinski definition) is 7. The van der Waals surface area contributed by atoms with Gasteiger partial charge in [0.1, 0.15) is 5.52 Å². The third-order valence-corrected chi connectivity index (χ3v) is 5.12. The van der Waals surface area contributed by atoms with E-state index in [1.807, 2.05) is 17.1 Å². The molecule has 7 nitrogen and oxygen atoms in total. The number of nitrogens with two attached hydrogens (primary N) is 1. The minimum atomic E-state index is 0.250. The summed E-state index contributed by atoms with van der Waals surface area (Å²) in [5.41, 5.74) is 8.54. The first-order chi connectivity index (χ1) is 11.7. The Morgan fingerprint density at radius 1 is 1.42 bits per heavy atom. The fraction of sp³-hybridized carbons (Fsp3) is 0.438. The minimum Gasteiger partial charge on any atom is -0.479 e. The zero-order valence-electron chi connectivity index (χ0n) is 13.4. The minimum absolute atomic E-state index is 0.250. The van der Waals surface area contributed by atoms with Crippen molar-refractivity contribution in [3.05, 3.63) is 18.6 Å². The lowest BCUT2D eigenvalue weighted by atomic mass is 10.1. The summed E-state index contributed by atoms with van der Waals surface area (Å²) in [6.07, 6.45) is 9.38. The number of methoxy groups -OCH3 is 1. The molecule has 0 amide bonds. The van der Waals surface area contributed by atoms with Crippen molar-refractivity contribution in [3.63, 3.8) is 0 Å². The third-order valence-electron chi connectivity index (χ3n) is 4.20. The maximum Gasteiger partial charge on any atom is 0.241 e. The molecule has 4 heterocycles. The Balaban J connectivity index is 1.65. The van der Waals surface area contributed by atoms with Crippen LogP contribution in [0.4, 0.5) is 5.13 Å². The molecule has 126 valence electrons. The molecule has 1 aliphatic rings. The van der Waals surface area contributed by atoms with E-state index in [-0.39, 0.29) is 6.10 Å². The Morgan fingerprint density at radius 2 is 2.33 bits per heavy atom. The van der Waals surface area contributed by atoms with E-state index in [2.05, 4.69) is 15.1 Å². The first-order valence-corrected chi connectivity index (χ1v) is 8.79. The highest BCUT2D eigenvalue weighted by Crippen LogP contribution is 2.37. The first kappa shape index (κ1) is 15.3. The summed E-state index contributed by atoms with van der Waals surface area (Å²) < 4.78 is 14.0. The quantitative estimate of drug-likeness (QED) is 0.782. The highest BCUT2D eigenvalue weighted by Gasteiger charge is 2.18. The van der Waals surface area contributed by atoms with Gasteiger partial charge in [-0.3, -0.25) is 4.68 Å². The number of pyridine rings is 1. The highest BCUT2D eigenvalue weighted by molar-refractivity contribution is 7.22. The summed E-state index contributed by atoms with van der Waals surface area (Å²) in [5, 5.41) is 4.97. The SMILES string of the molecule is COc1ncc(-c2cnn(CC3CCCCO3)c2)c2sc(N)nc12. The monoisotopic (exact) mass is 345 g/mol. The van der Waals surface area contributed by atoms with Crippen molar-refractivity contribution in [3.8, 4) is 17.0 Å². The van der Waals surface area contributed by atoms with Gasteiger partial charge in [0.2, 0.25) is 5.88 Å². The molecule has 0 saturated carbocycles. The zero-order chi connectivity index (χ0) is 16.5. The van der Waals surface area contributed by atoms with Gasteiger partial charge in [0, 0.05) is 30.1 Å². The summed E-state index contributed by atoms with van der Waals surface area (Å²) in [6.45, 7) is 1.62. The zero-order valence-corrected chi connectivity index (χ0v) is 14.3. The van der Waals surface area contributed by atoms with Gasteiger partial charge in [-0.2, -0.15) is 5.10 Å². The van der Waals surface area contributed by atoms with E-state index >= 15 is 0 Å². The molecule has 1 aliphatic heterocycles. The lowest BCUT2D eigenvalue weighted by Crippen LogP contribution is -2.24. The van der Waals surface area contributed by atoms with Crippen LogP contribution in [0.1, 0.15) is 19.3 Å². The molecule has 3 aromatic heterocycles. The van der Waals surface area contributed by atoms with Crippen molar-refractivity contribution in [2.45, 2.75) is 31.9 Å². The molecule has 4 rings (SSSR count). The van der Waals surface area contributed by atoms with Crippen LogP contribution in [0.5, 0.6) is 5.88 Å². The maximum absolute atomic E-state index is 5.88. The van der Waals surface area contributed by atoms with Gasteiger partial charge in [0.15, 0.2) is 5.13 Å². The van der Waals surface area contributed by atoms with Gasteiger partial charge in [-0.1, -0.05) is 11.3 Å². The predicted molar refractivity (Wildman–Crippen MR) is 93.2 cm³/mol. The molecule has 0 bridgehead atoms. The number of fused-ring (bicyclic) bond motifs is 1. The second kappa shape index (κ2) is 6.37. The second-order valence-electron chi connectivity index (χ2n) is 5.85. The average molecular weight is 345 g/mol. The number of rotatable bonds is 4. The number of nitrogens with zero attached hydrogens (tertiary/aromatic N) is 4. The van der Waals surface area contributed by atoms with E-state index in [9.17, 15) is 0 Å². The summed E-state index contributed by atoms with van der Waals surface area (Å²) in [5.74, 6) is 0.490. The highest BCUT2D eigenvalue weighted by atomic mass is 32.1. The summed E-state index contributed by atoms with van der Waals surface area (Å²) in [6, 6.07) is 0. The molecular formula is C16H19N5O2S. The van der Waals surface area contributed by atoms with Crippen LogP contribution in [-0.4, -0.2) is 39.6 Å². The summed E-state index contributed by atoms with van der Waals surface area (Å²) in [7, 11) is 1.58. The molecule has 24 heavy (non-hydrogen) atoms. The van der Waals surface area contributed by atoms with Crippen LogP contribution in [0.3, 0.4) is 0 Å². The van der Waals surface area contributed by atoms with Gasteiger partial charge in [0.25, 0.3) is 0 Å². The number of thiazole rings is 1. The van der Waals surface area contributed by atoms with Crippen molar-refractivity contribution in [1.82, 2.24) is 19.7 Å². The number of aromatic nitrogens is 4. The van der Waals surface area contributed by atoms with Crippen LogP contribution >= 0.6 is 11.3 Å². The van der Waals surface area contributed by atoms with Crippen molar-refractivity contribution < 1.29 is 9.47 Å². The molecule has 8 heteroatoms. The van der Waals surface area contributed by atoms with Gasteiger partial charge in [-0.15, -0.1) is 0 Å². The van der Waals surface area contributed by atoms with E-state index < -0.39 is 0 Å². The molecule has 1 fully saturated rings. The fourth-order valence-corrected chi connectivity index (χ4v) is 3.88. The van der Waals surface area contributed by atoms with Gasteiger partial charge < -0.3 is 15.2 Å². The molecule has 0 radical (unpaired) electrons. The van der Waals surface area contributed by atoms with Crippen LogP contribution in [0.15, 0.2) is 18.6 Å². The number of nitrogen functional groups attached to an aromatic ring is 1. The molecule has 0 aliphatic carbocycles. The molecule has 0 spiro atoms. The molecular weight excluding hydrogens is 326 g/mol. The smallest absolute Gasteiger partial charge is 0.241 e. The van der Waals surface area contributed by atoms with Crippen LogP contribution in [0.2, 0.25) is 0 Å². The largest absolute Gasteiger partial charge is 0.479 e. The van der Waals surface area contributed by atoms with Crippen molar-refractivity contribution in [1.29, 1.82) is 0 Å². The van der Waals surface area contributed by atoms with Gasteiger partial charge in [0.05, 0.1) is 30.7 Å². The normalized spacial score (nSPS) is 18.1. The molecule has 2 N–H and O–H groups in total. The van der Waals surface area contributed by atoms with E-state index in [4.69, 9.17) is 15.2 Å². The Hall–Kier alpha value is -2.19. The van der Waals surface area contributed by atoms with E-state index in [1.165, 1.54) is 17.8 Å². The lowest BCUT2D eigenvalue weighted by Gasteiger charge is -2.22. The van der Waals surface area contributed by atoms with Gasteiger partial charge >= 0.3 is 0 Å². The predicted octanol–water partition coefficient (Wildman–Crippen LogP) is 2.71. The Bertz CT molecular complexity index is 853. The standard InChI is InChI=1S/C16H19N5O2S/c1-22-15-13-14(24-16(17)20-13)12(7-18-15)10-6-19-21(8-10)9-11-4-2-3-5-23-11/h6-8,11H,2-5,9H2,1H3,(H2,17,20). The van der Waals surface area contributed by atoms with Crippen molar-refractivity contribution in [2.75, 3.05) is 19.5 Å². The Morgan fingerprint density at radius 3 is 3.12 bits per heavy atom. The lowest BCUT2D eigenvalue weighted by molar-refractivity contribution is 0.00400. The Kier molecular flexibility index (Phi) is 4.07. The average Bonchev–Trinajstić information content (AvgIpc) is 3.21. The van der Waals surface area contributed by atoms with Gasteiger partial charge in [-0.05, 0) is 19.3 Å². The summed E-state index contributed by atoms with van der Waals surface area (Å²) in [4.78, 5) is 8.68. The van der Waals surface area contributed by atoms with Crippen LogP contribution in [0.25, 0.3) is 21.3 Å². The molecule has 1 atom stereocenters. The van der Waals surface area contributed by atoms with Crippen LogP contribution < -0.4 is 10.5 Å². The second-order valence-corrected chi connectivity index (χ2v) is 6.88. The maximum atomic E-state index is 5.88. The number of anilines is 1. The number of hydrogen-bond donors (Lipinski definition) is 1. The first-order valence-electron chi connectivity index (χ1n) is 7.98. The van der Waals surface area contributed by atoms with E-state index in [0.29, 0.717) is 16.5 Å². The fourth-order valence-electron chi connectivity index (χ4n) is 3.02. The summed E-state index contributed by atoms with van der Waals surface area (Å²) >= 11 is 1.43. The molecule has 0 aromatic carbocycles. The number of ether oxygens (including phenoxy) is 2. The Labute approximate surface area is 143 Å². The molecule has 1 unspecified atom stereocenters. The van der Waals surface area contributed by atoms with Crippen LogP contribution in [-0.2, 0) is 11.3 Å². The third kappa shape index (κ3) is 2.83. The molecule has 1 saturated heterocycles. The van der Waals surface area contributed by atoms with Gasteiger partial charge in [-0.25, -0.2) is 9.97 Å². The topological polar surface area (TPSA) is 88.1 Å².